The van der Waals surface area contributed by atoms with Gasteiger partial charge in [0.2, 0.25) is 5.67 Å². The lowest BCUT2D eigenvalue weighted by Gasteiger charge is -2.30. The number of carbonyl (C=O) groups excluding carboxylic acids is 1. The molecule has 0 spiro atoms. The van der Waals surface area contributed by atoms with Gasteiger partial charge in [-0.2, -0.15) is 0 Å². The Hall–Kier alpha value is -1.49. The van der Waals surface area contributed by atoms with E-state index in [1.165, 1.54) is 18.0 Å². The third-order valence-electron chi connectivity index (χ3n) is 3.74. The van der Waals surface area contributed by atoms with Gasteiger partial charge in [-0.25, -0.2) is 8.78 Å². The molecule has 2 rings (SSSR count). The van der Waals surface area contributed by atoms with Crippen LogP contribution in [-0.4, -0.2) is 36.6 Å². The molecule has 1 N–H and O–H groups in total. The maximum Gasteiger partial charge on any atom is 0.261 e. The number of nitrogens with one attached hydrogen (secondary N) is 1. The summed E-state index contributed by atoms with van der Waals surface area (Å²) in [5, 5.41) is 2.84. The summed E-state index contributed by atoms with van der Waals surface area (Å²) in [7, 11) is 1.51. The Morgan fingerprint density at radius 2 is 2.16 bits per heavy atom. The smallest absolute Gasteiger partial charge is 0.261 e. The molecule has 1 aromatic carbocycles. The molecule has 1 aliphatic rings. The zero-order valence-corrected chi connectivity index (χ0v) is 11.1. The Morgan fingerprint density at radius 1 is 1.47 bits per heavy atom. The van der Waals surface area contributed by atoms with E-state index in [0.29, 0.717) is 12.1 Å². The third kappa shape index (κ3) is 2.61. The summed E-state index contributed by atoms with van der Waals surface area (Å²) in [4.78, 5) is 13.5. The maximum atomic E-state index is 14.4. The van der Waals surface area contributed by atoms with Crippen LogP contribution in [0.4, 0.5) is 8.78 Å². The predicted octanol–water partition coefficient (Wildman–Crippen LogP) is 2.05. The van der Waals surface area contributed by atoms with Crippen LogP contribution in [0, 0.1) is 5.82 Å². The first kappa shape index (κ1) is 13.9. The molecule has 1 aromatic rings. The SMILES string of the molecule is C[C@@H](c1ccccc1F)N(C)C(=O)[C@@]1(F)CCNC1. The number of hydrogen-bond donors (Lipinski definition) is 1. The van der Waals surface area contributed by atoms with Crippen LogP contribution in [0.1, 0.15) is 24.9 Å². The molecule has 1 saturated heterocycles. The molecule has 0 unspecified atom stereocenters. The number of rotatable bonds is 3. The highest BCUT2D eigenvalue weighted by atomic mass is 19.1. The molecule has 1 aliphatic heterocycles. The zero-order chi connectivity index (χ0) is 14.0. The molecule has 0 radical (unpaired) electrons. The molecule has 104 valence electrons. The van der Waals surface area contributed by atoms with E-state index in [1.54, 1.807) is 25.1 Å². The number of hydrogen-bond acceptors (Lipinski definition) is 2. The lowest BCUT2D eigenvalue weighted by Crippen LogP contribution is -2.46. The van der Waals surface area contributed by atoms with E-state index in [-0.39, 0.29) is 18.8 Å². The number of nitrogens with zero attached hydrogens (tertiary/aromatic N) is 1. The molecule has 5 heteroatoms. The molecule has 19 heavy (non-hydrogen) atoms. The fourth-order valence-corrected chi connectivity index (χ4v) is 2.36. The monoisotopic (exact) mass is 268 g/mol. The highest BCUT2D eigenvalue weighted by molar-refractivity contribution is 5.86. The summed E-state index contributed by atoms with van der Waals surface area (Å²) in [5.41, 5.74) is -1.47. The van der Waals surface area contributed by atoms with Gasteiger partial charge in [-0.05, 0) is 19.5 Å². The predicted molar refractivity (Wildman–Crippen MR) is 68.9 cm³/mol. The summed E-state index contributed by atoms with van der Waals surface area (Å²) < 4.78 is 28.1. The van der Waals surface area contributed by atoms with Crippen LogP contribution >= 0.6 is 0 Å². The van der Waals surface area contributed by atoms with Crippen LogP contribution < -0.4 is 5.32 Å². The van der Waals surface area contributed by atoms with E-state index in [1.807, 2.05) is 0 Å². The van der Waals surface area contributed by atoms with Crippen molar-refractivity contribution in [3.05, 3.63) is 35.6 Å². The van der Waals surface area contributed by atoms with Gasteiger partial charge in [-0.3, -0.25) is 4.79 Å². The molecule has 2 atom stereocenters. The van der Waals surface area contributed by atoms with Crippen molar-refractivity contribution < 1.29 is 13.6 Å². The van der Waals surface area contributed by atoms with Crippen molar-refractivity contribution in [3.63, 3.8) is 0 Å². The van der Waals surface area contributed by atoms with Gasteiger partial charge < -0.3 is 10.2 Å². The van der Waals surface area contributed by atoms with E-state index < -0.39 is 17.6 Å². The second-order valence-corrected chi connectivity index (χ2v) is 5.01. The average molecular weight is 268 g/mol. The number of amides is 1. The minimum absolute atomic E-state index is 0.0279. The van der Waals surface area contributed by atoms with Crippen LogP contribution in [0.25, 0.3) is 0 Å². The van der Waals surface area contributed by atoms with Crippen molar-refractivity contribution in [2.45, 2.75) is 25.1 Å². The van der Waals surface area contributed by atoms with E-state index in [0.717, 1.165) is 0 Å². The first-order chi connectivity index (χ1) is 8.96. The second-order valence-electron chi connectivity index (χ2n) is 5.01. The lowest BCUT2D eigenvalue weighted by atomic mass is 10.0. The van der Waals surface area contributed by atoms with E-state index in [2.05, 4.69) is 5.32 Å². The fourth-order valence-electron chi connectivity index (χ4n) is 2.36. The number of alkyl halides is 1. The van der Waals surface area contributed by atoms with Gasteiger partial charge in [0.25, 0.3) is 5.91 Å². The maximum absolute atomic E-state index is 14.4. The van der Waals surface area contributed by atoms with Gasteiger partial charge in [0.15, 0.2) is 0 Å². The quantitative estimate of drug-likeness (QED) is 0.910. The molecule has 1 fully saturated rings. The summed E-state index contributed by atoms with van der Waals surface area (Å²) >= 11 is 0. The molecule has 0 bridgehead atoms. The van der Waals surface area contributed by atoms with E-state index in [4.69, 9.17) is 0 Å². The number of carbonyl (C=O) groups is 1. The van der Waals surface area contributed by atoms with Crippen molar-refractivity contribution in [3.8, 4) is 0 Å². The van der Waals surface area contributed by atoms with Crippen molar-refractivity contribution in [2.24, 2.45) is 0 Å². The van der Waals surface area contributed by atoms with E-state index >= 15 is 0 Å². The molecule has 0 saturated carbocycles. The minimum atomic E-state index is -1.87. The van der Waals surface area contributed by atoms with Crippen molar-refractivity contribution in [1.82, 2.24) is 10.2 Å². The first-order valence-corrected chi connectivity index (χ1v) is 6.37. The van der Waals surface area contributed by atoms with Gasteiger partial charge >= 0.3 is 0 Å². The first-order valence-electron chi connectivity index (χ1n) is 6.37. The largest absolute Gasteiger partial charge is 0.336 e. The Kier molecular flexibility index (Phi) is 3.85. The standard InChI is InChI=1S/C14H18F2N2O/c1-10(11-5-3-4-6-12(11)15)18(2)13(19)14(16)7-8-17-9-14/h3-6,10,17H,7-9H2,1-2H3/t10-,14+/m0/s1. The zero-order valence-electron chi connectivity index (χ0n) is 11.1. The normalized spacial score (nSPS) is 24.2. The van der Waals surface area contributed by atoms with Crippen LogP contribution in [0.2, 0.25) is 0 Å². The Labute approximate surface area is 111 Å². The highest BCUT2D eigenvalue weighted by Crippen LogP contribution is 2.28. The molecular formula is C14H18F2N2O. The molecule has 1 heterocycles. The Bertz CT molecular complexity index is 472. The van der Waals surface area contributed by atoms with Gasteiger partial charge in [-0.15, -0.1) is 0 Å². The molecule has 3 nitrogen and oxygen atoms in total. The van der Waals surface area contributed by atoms with E-state index in [9.17, 15) is 13.6 Å². The minimum Gasteiger partial charge on any atom is -0.336 e. The van der Waals surface area contributed by atoms with Crippen LogP contribution in [0.15, 0.2) is 24.3 Å². The van der Waals surface area contributed by atoms with Crippen molar-refractivity contribution >= 4 is 5.91 Å². The van der Waals surface area contributed by atoms with Gasteiger partial charge in [0.1, 0.15) is 5.82 Å². The van der Waals surface area contributed by atoms with Crippen molar-refractivity contribution in [1.29, 1.82) is 0 Å². The van der Waals surface area contributed by atoms with Crippen LogP contribution in [0.5, 0.6) is 0 Å². The summed E-state index contributed by atoms with van der Waals surface area (Å²) in [6.45, 7) is 2.21. The molecule has 1 amide bonds. The number of halogens is 2. The summed E-state index contributed by atoms with van der Waals surface area (Å²) in [6, 6.07) is 5.75. The van der Waals surface area contributed by atoms with Crippen LogP contribution in [0.3, 0.4) is 0 Å². The van der Waals surface area contributed by atoms with Gasteiger partial charge in [-0.1, -0.05) is 18.2 Å². The molecular weight excluding hydrogens is 250 g/mol. The third-order valence-corrected chi connectivity index (χ3v) is 3.74. The topological polar surface area (TPSA) is 32.3 Å². The Morgan fingerprint density at radius 3 is 2.74 bits per heavy atom. The Balaban J connectivity index is 2.17. The molecule has 0 aliphatic carbocycles. The van der Waals surface area contributed by atoms with Gasteiger partial charge in [0.05, 0.1) is 6.04 Å². The number of benzene rings is 1. The van der Waals surface area contributed by atoms with Crippen LogP contribution in [-0.2, 0) is 4.79 Å². The second kappa shape index (κ2) is 5.25. The lowest BCUT2D eigenvalue weighted by molar-refractivity contribution is -0.143. The average Bonchev–Trinajstić information content (AvgIpc) is 2.85. The summed E-state index contributed by atoms with van der Waals surface area (Å²) in [6.07, 6.45) is 0.167. The highest BCUT2D eigenvalue weighted by Gasteiger charge is 2.44. The van der Waals surface area contributed by atoms with Crippen molar-refractivity contribution in [2.75, 3.05) is 20.1 Å². The van der Waals surface area contributed by atoms with Gasteiger partial charge in [0, 0.05) is 25.6 Å². The fraction of sp³-hybridized carbons (Fsp3) is 0.500. The summed E-state index contributed by atoms with van der Waals surface area (Å²) in [5.74, 6) is -0.972. The molecule has 0 aromatic heterocycles.